The minimum atomic E-state index is -0.250. The molecule has 16 N–H and O–H groups in total. The number of fused-ring (bicyclic) bond motifs is 8. The number of carbonyl (C=O) groups is 7. The highest BCUT2D eigenvalue weighted by Gasteiger charge is 2.32. The van der Waals surface area contributed by atoms with Gasteiger partial charge in [0.1, 0.15) is 110 Å². The third-order valence-electron chi connectivity index (χ3n) is 23.2. The standard InChI is InChI=1S/C19H23N5O4.C17H21N5O3.C16H18N4O3.C15H13N5O2.C15H16N4O4.C14H12N6O2.CH2O2/c1-26-17-14-10-21-19(25)13(14)2-3-15(17)23-18-16(11-20-12-22-18)28-9-6-24-4-7-27-8-5-24;1-22(2)6-7-25-14-9-18-10-20-16(14)21-13-5-4-11-12(15(13)24-3)8-19-17(11)23;1-10-12-7-18-16(21)11(12)3-4-13(10)20-15-14(8-17-9-19-15)23-6-5-22-2;1-22-12-10-6-17-15(21)8(10)2-3-11(12)20-14-9-4-5-16-13(9)18-7-19-14;1-22-13-10-6-17-15(21)9(10)2-3-11(13)19-14-12(23-5-4-20)7-16-8-18-14;1-22-11-8-4-15-14(21)7(8)2-3-9(11)20-13-10-12(17-5-16-10)18-6-19-13;2-1-3/h2-3,11-12H,4-10H2,1H3,(H,21,25)(H,20,22,23);4-5,9-10H,6-8H2,1-3H3,(H,19,23)(H,18,20,21);3-4,8-9H,5-7H2,1-2H3,(H,18,21)(H,17,19,20);2-5,7H,6H2,1H3,(H,17,21)(H2,16,18,19,20);2-3,7-8,20H,4-6H2,1H3,(H,17,21)(H,16,18,19);2-3,5-6H,4H2,1H3,(H,15,21)(H2,16,17,18,19,20);1H,(H,2,3). The molecule has 1 fully saturated rings. The van der Waals surface area contributed by atoms with E-state index in [1.807, 2.05) is 62.4 Å². The van der Waals surface area contributed by atoms with Crippen LogP contribution in [0.2, 0.25) is 0 Å². The number of carbonyl (C=O) groups excluding carboxylic acids is 6. The fourth-order valence-electron chi connectivity index (χ4n) is 16.2. The maximum atomic E-state index is 11.9. The number of amides is 6. The molecule has 1 saturated heterocycles. The van der Waals surface area contributed by atoms with Crippen LogP contribution in [0.1, 0.15) is 101 Å². The molecule has 0 radical (unpaired) electrons. The average molecular weight is 2000 g/mol. The van der Waals surface area contributed by atoms with Crippen LogP contribution in [0.15, 0.2) is 154 Å². The van der Waals surface area contributed by atoms with Gasteiger partial charge in [0.2, 0.25) is 0 Å². The molecule has 49 heteroatoms. The van der Waals surface area contributed by atoms with Gasteiger partial charge in [-0.3, -0.25) is 38.5 Å². The third-order valence-corrected chi connectivity index (χ3v) is 23.2. The van der Waals surface area contributed by atoms with Gasteiger partial charge in [-0.2, -0.15) is 0 Å². The lowest BCUT2D eigenvalue weighted by Crippen LogP contribution is -2.38. The summed E-state index contributed by atoms with van der Waals surface area (Å²) in [6.45, 7) is 11.5. The Balaban J connectivity index is 0.000000131. The van der Waals surface area contributed by atoms with E-state index < -0.39 is 0 Å². The minimum Gasteiger partial charge on any atom is -0.494 e. The Bertz CT molecular complexity index is 6900. The van der Waals surface area contributed by atoms with Gasteiger partial charge in [-0.15, -0.1) is 0 Å². The Morgan fingerprint density at radius 2 is 0.740 bits per heavy atom. The summed E-state index contributed by atoms with van der Waals surface area (Å²) in [5.41, 5.74) is 16.6. The molecule has 0 atom stereocenters. The summed E-state index contributed by atoms with van der Waals surface area (Å²) in [5.74, 6) is 8.10. The van der Waals surface area contributed by atoms with Crippen LogP contribution in [0.3, 0.4) is 0 Å². The second-order valence-electron chi connectivity index (χ2n) is 32.2. The summed E-state index contributed by atoms with van der Waals surface area (Å²) in [6.07, 6.45) is 18.4. The minimum absolute atomic E-state index is 0.0275. The molecule has 0 unspecified atom stereocenters. The molecule has 0 saturated carbocycles. The SMILES string of the molecule is COCCOc1cncnc1Nc1ccc2c(c1C)CNC2=O.COc1c(Nc2ncnc3[nH]ccc23)ccc2c1CNC2=O.COc1c(Nc2ncnc3nc[nH]c23)ccc2c1CNC2=O.COc1c(Nc2ncncc2OCCN(C)C)ccc2c1CNC2=O.COc1c(Nc2ncncc2OCCN2CCOCC2)ccc2c1CNC2=O.COc1c(Nc2ncncc2OCCO)ccc2c1CNC2=O.O=CO. The maximum absolute atomic E-state index is 11.9. The van der Waals surface area contributed by atoms with Crippen LogP contribution >= 0.6 is 0 Å². The fraction of sp³-hybridized carbons (Fsp3) is 0.278. The summed E-state index contributed by atoms with van der Waals surface area (Å²) >= 11 is 0. The molecule has 15 heterocycles. The van der Waals surface area contributed by atoms with Crippen molar-refractivity contribution in [3.05, 3.63) is 226 Å². The third kappa shape index (κ3) is 24.2. The van der Waals surface area contributed by atoms with E-state index >= 15 is 0 Å². The second kappa shape index (κ2) is 49.3. The van der Waals surface area contributed by atoms with Crippen LogP contribution in [-0.2, 0) is 53.5 Å². The Kier molecular flexibility index (Phi) is 34.6. The van der Waals surface area contributed by atoms with Gasteiger partial charge < -0.3 is 141 Å². The van der Waals surface area contributed by atoms with E-state index in [0.717, 1.165) is 118 Å². The van der Waals surface area contributed by atoms with E-state index in [4.69, 9.17) is 67.1 Å². The van der Waals surface area contributed by atoms with Crippen LogP contribution in [-0.4, -0.2) is 272 Å². The molecule has 6 amide bonds. The zero-order valence-corrected chi connectivity index (χ0v) is 80.7. The van der Waals surface area contributed by atoms with E-state index in [1.165, 1.54) is 44.2 Å². The maximum Gasteiger partial charge on any atom is 0.290 e. The molecule has 0 aliphatic carbocycles. The van der Waals surface area contributed by atoms with Gasteiger partial charge in [0.15, 0.2) is 57.7 Å². The lowest BCUT2D eigenvalue weighted by atomic mass is 10.0. The van der Waals surface area contributed by atoms with E-state index in [1.54, 1.807) is 116 Å². The number of aromatic nitrogens is 15. The highest BCUT2D eigenvalue weighted by Crippen LogP contribution is 2.44. The molecule has 21 rings (SSSR count). The number of nitrogens with one attached hydrogen (secondary N) is 14. The van der Waals surface area contributed by atoms with E-state index in [-0.39, 0.29) is 55.1 Å². The van der Waals surface area contributed by atoms with Crippen molar-refractivity contribution >= 4 is 133 Å². The van der Waals surface area contributed by atoms with E-state index in [9.17, 15) is 28.8 Å². The van der Waals surface area contributed by atoms with Gasteiger partial charge in [-0.25, -0.2) is 64.8 Å². The molecular weight excluding hydrogens is 1890 g/mol. The number of aromatic amines is 2. The fourth-order valence-corrected chi connectivity index (χ4v) is 16.2. The lowest BCUT2D eigenvalue weighted by molar-refractivity contribution is -0.122. The molecule has 146 heavy (non-hydrogen) atoms. The van der Waals surface area contributed by atoms with Crippen LogP contribution in [0.5, 0.6) is 51.7 Å². The Hall–Kier alpha value is -18.1. The number of aliphatic hydroxyl groups is 1. The van der Waals surface area contributed by atoms with Gasteiger partial charge in [0, 0.05) is 146 Å². The number of carboxylic acid groups (broad SMARTS) is 1. The van der Waals surface area contributed by atoms with Crippen LogP contribution in [0.25, 0.3) is 22.2 Å². The summed E-state index contributed by atoms with van der Waals surface area (Å²) in [5, 5.41) is 52.8. The number of anilines is 12. The number of rotatable bonds is 32. The molecule has 7 aliphatic rings. The van der Waals surface area contributed by atoms with Gasteiger partial charge in [0.05, 0.1) is 127 Å². The first-order valence-electron chi connectivity index (χ1n) is 45.5. The van der Waals surface area contributed by atoms with E-state index in [2.05, 4.69) is 143 Å². The zero-order chi connectivity index (χ0) is 103. The second-order valence-corrected chi connectivity index (χ2v) is 32.2. The number of benzene rings is 6. The molecule has 6 aromatic carbocycles. The lowest BCUT2D eigenvalue weighted by Gasteiger charge is -2.26. The number of hydrogen-bond donors (Lipinski definition) is 16. The molecule has 14 aromatic rings. The van der Waals surface area contributed by atoms with E-state index in [0.29, 0.717) is 203 Å². The highest BCUT2D eigenvalue weighted by atomic mass is 16.5. The van der Waals surface area contributed by atoms with Gasteiger partial charge in [0.25, 0.3) is 41.9 Å². The van der Waals surface area contributed by atoms with Crippen molar-refractivity contribution < 1.29 is 95.9 Å². The van der Waals surface area contributed by atoms with Gasteiger partial charge in [-0.05, 0) is 111 Å². The molecule has 8 aromatic heterocycles. The summed E-state index contributed by atoms with van der Waals surface area (Å²) in [4.78, 5) is 143. The van der Waals surface area contributed by atoms with Crippen LogP contribution < -0.4 is 106 Å². The van der Waals surface area contributed by atoms with Gasteiger partial charge in [-0.1, -0.05) is 0 Å². The normalized spacial score (nSPS) is 13.3. The first kappa shape index (κ1) is 102. The number of hydrogen-bond acceptors (Lipinski definition) is 40. The average Bonchev–Trinajstić information content (AvgIpc) is 1.70. The Morgan fingerprint density at radius 1 is 0.397 bits per heavy atom. The molecule has 0 spiro atoms. The Morgan fingerprint density at radius 3 is 1.14 bits per heavy atom. The number of likely N-dealkylation sites (N-methyl/N-ethyl adjacent to an activating group) is 1. The van der Waals surface area contributed by atoms with Crippen molar-refractivity contribution in [3.63, 3.8) is 0 Å². The summed E-state index contributed by atoms with van der Waals surface area (Å²) < 4.78 is 60.5. The predicted octanol–water partition coefficient (Wildman–Crippen LogP) is 8.24. The molecule has 49 nitrogen and oxygen atoms in total. The molecular formula is C97H105N29O20. The number of methoxy groups -OCH3 is 6. The number of nitrogens with zero attached hydrogens (tertiary/aromatic N) is 15. The largest absolute Gasteiger partial charge is 0.494 e. The van der Waals surface area contributed by atoms with Crippen molar-refractivity contribution in [1.82, 2.24) is 116 Å². The van der Waals surface area contributed by atoms with Gasteiger partial charge >= 0.3 is 0 Å². The topological polar surface area (TPSA) is 611 Å². The highest BCUT2D eigenvalue weighted by molar-refractivity contribution is 6.05. The first-order chi connectivity index (χ1) is 71.3. The van der Waals surface area contributed by atoms with Crippen molar-refractivity contribution in [2.24, 2.45) is 0 Å². The smallest absolute Gasteiger partial charge is 0.290 e. The summed E-state index contributed by atoms with van der Waals surface area (Å²) in [7, 11) is 13.5. The number of imidazole rings is 1. The molecule has 758 valence electrons. The predicted molar refractivity (Wildman–Crippen MR) is 532 cm³/mol. The number of H-pyrrole nitrogens is 2. The molecule has 7 aliphatic heterocycles. The molecule has 0 bridgehead atoms. The monoisotopic (exact) mass is 2000 g/mol. The van der Waals surface area contributed by atoms with Crippen LogP contribution in [0.4, 0.5) is 69.0 Å². The van der Waals surface area contributed by atoms with Crippen LogP contribution in [0, 0.1) is 6.92 Å². The Labute approximate surface area is 833 Å². The number of aliphatic hydroxyl groups excluding tert-OH is 1. The van der Waals surface area contributed by atoms with Crippen molar-refractivity contribution in [2.45, 2.75) is 46.2 Å². The number of ether oxygens (including phenoxy) is 11. The first-order valence-corrected chi connectivity index (χ1v) is 45.5. The van der Waals surface area contributed by atoms with Crippen molar-refractivity contribution in [1.29, 1.82) is 0 Å². The zero-order valence-electron chi connectivity index (χ0n) is 80.7. The van der Waals surface area contributed by atoms with Crippen molar-refractivity contribution in [2.75, 3.05) is 168 Å². The quantitative estimate of drug-likeness (QED) is 0.0139. The van der Waals surface area contributed by atoms with Crippen molar-refractivity contribution in [3.8, 4) is 51.7 Å². The summed E-state index contributed by atoms with van der Waals surface area (Å²) in [6, 6.07) is 23.4. The number of morpholine rings is 1.